The minimum absolute atomic E-state index is 0.260. The molecule has 0 saturated heterocycles. The van der Waals surface area contributed by atoms with Gasteiger partial charge in [-0.05, 0) is 25.2 Å². The van der Waals surface area contributed by atoms with E-state index in [1.165, 1.54) is 0 Å². The Morgan fingerprint density at radius 1 is 1.47 bits per heavy atom. The summed E-state index contributed by atoms with van der Waals surface area (Å²) in [6, 6.07) is 2.26. The third kappa shape index (κ3) is 5.73. The smallest absolute Gasteiger partial charge is 0.147 e. The average Bonchev–Trinajstić information content (AvgIpc) is 2.63. The summed E-state index contributed by atoms with van der Waals surface area (Å²) in [5, 5.41) is 7.67. The van der Waals surface area contributed by atoms with Crippen molar-refractivity contribution in [2.75, 3.05) is 11.9 Å². The second kappa shape index (κ2) is 6.05. The third-order valence-corrected chi connectivity index (χ3v) is 2.66. The van der Waals surface area contributed by atoms with Gasteiger partial charge in [0, 0.05) is 31.4 Å². The highest BCUT2D eigenvalue weighted by Gasteiger charge is 2.15. The summed E-state index contributed by atoms with van der Waals surface area (Å²) in [6.07, 6.45) is 4.02. The minimum atomic E-state index is 0.260. The molecule has 0 saturated carbocycles. The van der Waals surface area contributed by atoms with Gasteiger partial charge in [-0.2, -0.15) is 5.10 Å². The molecule has 0 spiro atoms. The molecule has 0 aromatic carbocycles. The third-order valence-electron chi connectivity index (χ3n) is 2.66. The van der Waals surface area contributed by atoms with Gasteiger partial charge in [-0.15, -0.1) is 0 Å². The topological polar surface area (TPSA) is 55.9 Å². The predicted molar refractivity (Wildman–Crippen MR) is 73.1 cm³/mol. The lowest BCUT2D eigenvalue weighted by Gasteiger charge is -2.23. The van der Waals surface area contributed by atoms with Crippen LogP contribution in [0.15, 0.2) is 12.3 Å². The van der Waals surface area contributed by atoms with Crippen LogP contribution in [0.2, 0.25) is 0 Å². The van der Waals surface area contributed by atoms with Gasteiger partial charge < -0.3 is 11.1 Å². The number of nitrogens with two attached hydrogens (primary N) is 1. The van der Waals surface area contributed by atoms with Crippen LogP contribution in [0.4, 0.5) is 5.82 Å². The van der Waals surface area contributed by atoms with Crippen molar-refractivity contribution >= 4 is 5.82 Å². The van der Waals surface area contributed by atoms with Gasteiger partial charge >= 0.3 is 0 Å². The standard InChI is InChI=1S/C13H26N4/c1-5-17-9-7-12(16-17)15-8-6-11(14)10-13(2,3)4/h7,9,11H,5-6,8,10,14H2,1-4H3,(H,15,16). The highest BCUT2D eigenvalue weighted by atomic mass is 15.3. The Morgan fingerprint density at radius 2 is 2.18 bits per heavy atom. The Morgan fingerprint density at radius 3 is 2.71 bits per heavy atom. The van der Waals surface area contributed by atoms with Gasteiger partial charge in [-0.1, -0.05) is 20.8 Å². The fourth-order valence-electron chi connectivity index (χ4n) is 1.91. The van der Waals surface area contributed by atoms with E-state index in [0.29, 0.717) is 5.41 Å². The van der Waals surface area contributed by atoms with Crippen LogP contribution >= 0.6 is 0 Å². The maximum Gasteiger partial charge on any atom is 0.147 e. The van der Waals surface area contributed by atoms with Gasteiger partial charge in [0.25, 0.3) is 0 Å². The summed E-state index contributed by atoms with van der Waals surface area (Å²) >= 11 is 0. The number of rotatable bonds is 6. The molecule has 0 aliphatic carbocycles. The molecule has 1 aromatic rings. The van der Waals surface area contributed by atoms with Gasteiger partial charge in [0.1, 0.15) is 5.82 Å². The van der Waals surface area contributed by atoms with Gasteiger partial charge in [0.15, 0.2) is 0 Å². The fourth-order valence-corrected chi connectivity index (χ4v) is 1.91. The summed E-state index contributed by atoms with van der Waals surface area (Å²) in [7, 11) is 0. The van der Waals surface area contributed by atoms with Crippen LogP contribution in [0.1, 0.15) is 40.5 Å². The van der Waals surface area contributed by atoms with E-state index in [2.05, 4.69) is 38.1 Å². The zero-order valence-electron chi connectivity index (χ0n) is 11.5. The zero-order chi connectivity index (χ0) is 12.9. The van der Waals surface area contributed by atoms with Crippen molar-refractivity contribution in [2.24, 2.45) is 11.1 Å². The zero-order valence-corrected chi connectivity index (χ0v) is 11.5. The number of anilines is 1. The van der Waals surface area contributed by atoms with Crippen LogP contribution in [0.3, 0.4) is 0 Å². The summed E-state index contributed by atoms with van der Waals surface area (Å²) in [6.45, 7) is 10.6. The first-order valence-electron chi connectivity index (χ1n) is 6.43. The van der Waals surface area contributed by atoms with Gasteiger partial charge in [-0.3, -0.25) is 4.68 Å². The lowest BCUT2D eigenvalue weighted by atomic mass is 9.87. The van der Waals surface area contributed by atoms with E-state index in [0.717, 1.165) is 31.7 Å². The molecule has 1 atom stereocenters. The summed E-state index contributed by atoms with van der Waals surface area (Å²) in [5.74, 6) is 0.940. The molecule has 1 rings (SSSR count). The molecule has 0 aliphatic rings. The first-order valence-corrected chi connectivity index (χ1v) is 6.43. The fraction of sp³-hybridized carbons (Fsp3) is 0.769. The number of aryl methyl sites for hydroxylation is 1. The van der Waals surface area contributed by atoms with Crippen LogP contribution in [-0.2, 0) is 6.54 Å². The van der Waals surface area contributed by atoms with Crippen molar-refractivity contribution in [1.82, 2.24) is 9.78 Å². The SMILES string of the molecule is CCn1ccc(NCCC(N)CC(C)(C)C)n1. The maximum absolute atomic E-state index is 6.09. The molecule has 4 nitrogen and oxygen atoms in total. The number of hydrogen-bond donors (Lipinski definition) is 2. The quantitative estimate of drug-likeness (QED) is 0.800. The largest absolute Gasteiger partial charge is 0.369 e. The molecular formula is C13H26N4. The van der Waals surface area contributed by atoms with Crippen LogP contribution < -0.4 is 11.1 Å². The predicted octanol–water partition coefficient (Wildman–Crippen LogP) is 2.47. The molecule has 1 unspecified atom stereocenters. The Bertz CT molecular complexity index is 324. The second-order valence-corrected chi connectivity index (χ2v) is 5.80. The van der Waals surface area contributed by atoms with Gasteiger partial charge in [0.2, 0.25) is 0 Å². The van der Waals surface area contributed by atoms with Crippen LogP contribution in [0.25, 0.3) is 0 Å². The van der Waals surface area contributed by atoms with E-state index in [1.54, 1.807) is 0 Å². The molecule has 1 heterocycles. The first-order chi connectivity index (χ1) is 7.90. The monoisotopic (exact) mass is 238 g/mol. The molecule has 4 heteroatoms. The van der Waals surface area contributed by atoms with E-state index in [-0.39, 0.29) is 6.04 Å². The molecule has 0 radical (unpaired) electrons. The Balaban J connectivity index is 2.23. The highest BCUT2D eigenvalue weighted by molar-refractivity contribution is 5.31. The molecule has 0 aliphatic heterocycles. The molecule has 98 valence electrons. The Hall–Kier alpha value is -1.03. The molecule has 0 fully saturated rings. The minimum Gasteiger partial charge on any atom is -0.369 e. The van der Waals surface area contributed by atoms with Gasteiger partial charge in [-0.25, -0.2) is 0 Å². The van der Waals surface area contributed by atoms with E-state index in [1.807, 2.05) is 16.9 Å². The van der Waals surface area contributed by atoms with Crippen molar-refractivity contribution in [3.63, 3.8) is 0 Å². The molecule has 0 amide bonds. The van der Waals surface area contributed by atoms with Crippen molar-refractivity contribution in [1.29, 1.82) is 0 Å². The van der Waals surface area contributed by atoms with Crippen molar-refractivity contribution in [2.45, 2.75) is 53.1 Å². The lowest BCUT2D eigenvalue weighted by Crippen LogP contribution is -2.28. The second-order valence-electron chi connectivity index (χ2n) is 5.80. The van der Waals surface area contributed by atoms with Crippen LogP contribution in [-0.4, -0.2) is 22.4 Å². The number of hydrogen-bond acceptors (Lipinski definition) is 3. The number of nitrogens with zero attached hydrogens (tertiary/aromatic N) is 2. The number of nitrogens with one attached hydrogen (secondary N) is 1. The van der Waals surface area contributed by atoms with Crippen molar-refractivity contribution in [3.05, 3.63) is 12.3 Å². The van der Waals surface area contributed by atoms with E-state index in [9.17, 15) is 0 Å². The van der Waals surface area contributed by atoms with Gasteiger partial charge in [0.05, 0.1) is 0 Å². The summed E-state index contributed by atoms with van der Waals surface area (Å²) < 4.78 is 1.91. The maximum atomic E-state index is 6.09. The Kier molecular flexibility index (Phi) is 5.00. The molecule has 0 bridgehead atoms. The summed E-state index contributed by atoms with van der Waals surface area (Å²) in [5.41, 5.74) is 6.40. The normalized spacial score (nSPS) is 13.7. The molecular weight excluding hydrogens is 212 g/mol. The van der Waals surface area contributed by atoms with Crippen molar-refractivity contribution < 1.29 is 0 Å². The van der Waals surface area contributed by atoms with Crippen LogP contribution in [0, 0.1) is 5.41 Å². The van der Waals surface area contributed by atoms with E-state index >= 15 is 0 Å². The van der Waals surface area contributed by atoms with Crippen molar-refractivity contribution in [3.8, 4) is 0 Å². The molecule has 17 heavy (non-hydrogen) atoms. The summed E-state index contributed by atoms with van der Waals surface area (Å²) in [4.78, 5) is 0. The lowest BCUT2D eigenvalue weighted by molar-refractivity contribution is 0.334. The first kappa shape index (κ1) is 14.0. The Labute approximate surface area is 105 Å². The highest BCUT2D eigenvalue weighted by Crippen LogP contribution is 2.20. The molecule has 1 aromatic heterocycles. The van der Waals surface area contributed by atoms with Crippen LogP contribution in [0.5, 0.6) is 0 Å². The molecule has 3 N–H and O–H groups in total. The average molecular weight is 238 g/mol. The number of aromatic nitrogens is 2. The van der Waals surface area contributed by atoms with E-state index in [4.69, 9.17) is 5.73 Å². The van der Waals surface area contributed by atoms with E-state index < -0.39 is 0 Å².